The molecule has 90 valence electrons. The van der Waals surface area contributed by atoms with E-state index in [1.54, 1.807) is 5.32 Å². The Hall–Kier alpha value is -2.64. The summed E-state index contributed by atoms with van der Waals surface area (Å²) < 4.78 is 0. The van der Waals surface area contributed by atoms with Crippen molar-refractivity contribution < 1.29 is 19.6 Å². The number of nitro groups is 1. The van der Waals surface area contributed by atoms with Gasteiger partial charge in [-0.2, -0.15) is 0 Å². The van der Waals surface area contributed by atoms with Gasteiger partial charge in [0.25, 0.3) is 5.69 Å². The molecule has 0 heterocycles. The first-order valence-electron chi connectivity index (χ1n) is 4.50. The van der Waals surface area contributed by atoms with Crippen LogP contribution in [0.2, 0.25) is 0 Å². The zero-order valence-electron chi connectivity index (χ0n) is 8.54. The predicted molar refractivity (Wildman–Crippen MR) is 56.5 cm³/mol. The lowest BCUT2D eigenvalue weighted by atomic mass is 10.2. The number of carboxylic acid groups (broad SMARTS) is 1. The summed E-state index contributed by atoms with van der Waals surface area (Å²) in [4.78, 5) is 30.8. The Morgan fingerprint density at radius 3 is 2.35 bits per heavy atom. The molecule has 8 heteroatoms. The normalized spacial score (nSPS) is 9.41. The summed E-state index contributed by atoms with van der Waals surface area (Å²) in [6.45, 7) is 0.0805. The number of carbonyl (C=O) groups is 2. The molecule has 1 aromatic rings. The van der Waals surface area contributed by atoms with Crippen LogP contribution in [0, 0.1) is 10.1 Å². The van der Waals surface area contributed by atoms with Gasteiger partial charge in [0, 0.05) is 18.7 Å². The number of nitro benzene ring substituents is 1. The fourth-order valence-corrected chi connectivity index (χ4v) is 1.06. The Kier molecular flexibility index (Phi) is 3.98. The number of non-ortho nitro benzene ring substituents is 1. The SMILES string of the molecule is O=C(O)NC(=O)NCc1ccc([N+](=O)[O-])cc1. The third kappa shape index (κ3) is 4.16. The van der Waals surface area contributed by atoms with Crippen LogP contribution in [0.4, 0.5) is 15.3 Å². The largest absolute Gasteiger partial charge is 0.465 e. The maximum Gasteiger partial charge on any atom is 0.412 e. The summed E-state index contributed by atoms with van der Waals surface area (Å²) in [5.74, 6) is 0. The fourth-order valence-electron chi connectivity index (χ4n) is 1.06. The van der Waals surface area contributed by atoms with Crippen molar-refractivity contribution in [3.05, 3.63) is 39.9 Å². The van der Waals surface area contributed by atoms with Crippen molar-refractivity contribution >= 4 is 17.8 Å². The Morgan fingerprint density at radius 1 is 1.29 bits per heavy atom. The van der Waals surface area contributed by atoms with Crippen LogP contribution in [0.25, 0.3) is 0 Å². The topological polar surface area (TPSA) is 122 Å². The second-order valence-electron chi connectivity index (χ2n) is 3.04. The number of urea groups is 1. The van der Waals surface area contributed by atoms with Gasteiger partial charge in [0.15, 0.2) is 0 Å². The molecule has 17 heavy (non-hydrogen) atoms. The number of imide groups is 1. The molecule has 0 aliphatic rings. The number of rotatable bonds is 3. The molecule has 3 N–H and O–H groups in total. The van der Waals surface area contributed by atoms with Crippen LogP contribution in [0.5, 0.6) is 0 Å². The van der Waals surface area contributed by atoms with Crippen LogP contribution >= 0.6 is 0 Å². The molecule has 0 aromatic heterocycles. The van der Waals surface area contributed by atoms with Gasteiger partial charge in [-0.05, 0) is 5.56 Å². The molecule has 0 fully saturated rings. The van der Waals surface area contributed by atoms with E-state index in [2.05, 4.69) is 5.32 Å². The van der Waals surface area contributed by atoms with E-state index in [9.17, 15) is 19.7 Å². The van der Waals surface area contributed by atoms with Crippen molar-refractivity contribution in [3.63, 3.8) is 0 Å². The molecule has 0 bridgehead atoms. The molecular weight excluding hydrogens is 230 g/mol. The zero-order valence-corrected chi connectivity index (χ0v) is 8.54. The minimum absolute atomic E-state index is 0.0521. The van der Waals surface area contributed by atoms with Crippen LogP contribution in [-0.2, 0) is 6.54 Å². The average Bonchev–Trinajstić information content (AvgIpc) is 2.26. The Morgan fingerprint density at radius 2 is 1.88 bits per heavy atom. The standard InChI is InChI=1S/C9H9N3O5/c13-8(11-9(14)15)10-5-6-1-3-7(4-2-6)12(16)17/h1-4H,5H2,(H,14,15)(H2,10,11,13). The lowest BCUT2D eigenvalue weighted by Gasteiger charge is -2.04. The molecule has 0 unspecified atom stereocenters. The number of nitrogens with one attached hydrogen (secondary N) is 2. The van der Waals surface area contributed by atoms with Gasteiger partial charge in [-0.3, -0.25) is 10.1 Å². The molecule has 3 amide bonds. The number of hydrogen-bond acceptors (Lipinski definition) is 4. The highest BCUT2D eigenvalue weighted by atomic mass is 16.6. The van der Waals surface area contributed by atoms with E-state index in [1.807, 2.05) is 0 Å². The summed E-state index contributed by atoms with van der Waals surface area (Å²) in [7, 11) is 0. The third-order valence-corrected chi connectivity index (χ3v) is 1.82. The summed E-state index contributed by atoms with van der Waals surface area (Å²) >= 11 is 0. The van der Waals surface area contributed by atoms with Gasteiger partial charge in [0.2, 0.25) is 0 Å². The Balaban J connectivity index is 2.50. The van der Waals surface area contributed by atoms with Gasteiger partial charge in [-0.1, -0.05) is 12.1 Å². The Bertz CT molecular complexity index is 442. The molecule has 0 spiro atoms. The average molecular weight is 239 g/mol. The number of amides is 3. The van der Waals surface area contributed by atoms with Gasteiger partial charge in [-0.15, -0.1) is 0 Å². The van der Waals surface area contributed by atoms with Crippen molar-refractivity contribution in [1.82, 2.24) is 10.6 Å². The highest BCUT2D eigenvalue weighted by Gasteiger charge is 2.06. The molecule has 0 atom stereocenters. The number of nitrogens with zero attached hydrogens (tertiary/aromatic N) is 1. The number of carbonyl (C=O) groups excluding carboxylic acids is 1. The highest BCUT2D eigenvalue weighted by Crippen LogP contribution is 2.11. The zero-order chi connectivity index (χ0) is 12.8. The van der Waals surface area contributed by atoms with E-state index in [0.29, 0.717) is 5.56 Å². The highest BCUT2D eigenvalue weighted by molar-refractivity contribution is 5.89. The first kappa shape index (κ1) is 12.4. The molecule has 8 nitrogen and oxygen atoms in total. The predicted octanol–water partition coefficient (Wildman–Crippen LogP) is 1.07. The molecule has 1 aromatic carbocycles. The van der Waals surface area contributed by atoms with Gasteiger partial charge in [0.1, 0.15) is 0 Å². The van der Waals surface area contributed by atoms with E-state index in [-0.39, 0.29) is 12.2 Å². The molecule has 0 saturated carbocycles. The van der Waals surface area contributed by atoms with Crippen molar-refractivity contribution in [3.8, 4) is 0 Å². The second-order valence-corrected chi connectivity index (χ2v) is 3.04. The van der Waals surface area contributed by atoms with E-state index in [4.69, 9.17) is 5.11 Å². The van der Waals surface area contributed by atoms with Crippen LogP contribution in [-0.4, -0.2) is 22.2 Å². The third-order valence-electron chi connectivity index (χ3n) is 1.82. The molecule has 0 radical (unpaired) electrons. The van der Waals surface area contributed by atoms with Crippen molar-refractivity contribution in [2.24, 2.45) is 0 Å². The quantitative estimate of drug-likeness (QED) is 0.538. The van der Waals surface area contributed by atoms with Crippen LogP contribution in [0.1, 0.15) is 5.56 Å². The summed E-state index contributed by atoms with van der Waals surface area (Å²) in [5.41, 5.74) is 0.569. The van der Waals surface area contributed by atoms with Crippen molar-refractivity contribution in [1.29, 1.82) is 0 Å². The van der Waals surface area contributed by atoms with Gasteiger partial charge >= 0.3 is 12.1 Å². The fraction of sp³-hybridized carbons (Fsp3) is 0.111. The first-order valence-corrected chi connectivity index (χ1v) is 4.50. The molecule has 0 aliphatic carbocycles. The monoisotopic (exact) mass is 239 g/mol. The minimum atomic E-state index is -1.45. The van der Waals surface area contributed by atoms with E-state index < -0.39 is 17.0 Å². The van der Waals surface area contributed by atoms with Crippen LogP contribution in [0.15, 0.2) is 24.3 Å². The first-order chi connectivity index (χ1) is 7.99. The van der Waals surface area contributed by atoms with Crippen molar-refractivity contribution in [2.45, 2.75) is 6.54 Å². The van der Waals surface area contributed by atoms with Crippen LogP contribution in [0.3, 0.4) is 0 Å². The Labute approximate surface area is 95.4 Å². The van der Waals surface area contributed by atoms with Gasteiger partial charge < -0.3 is 10.4 Å². The summed E-state index contributed by atoms with van der Waals surface area (Å²) in [6.07, 6.45) is -1.45. The van der Waals surface area contributed by atoms with Crippen LogP contribution < -0.4 is 10.6 Å². The van der Waals surface area contributed by atoms with E-state index in [0.717, 1.165) is 0 Å². The number of hydrogen-bond donors (Lipinski definition) is 3. The molecule has 0 saturated heterocycles. The molecular formula is C9H9N3O5. The van der Waals surface area contributed by atoms with Gasteiger partial charge in [0.05, 0.1) is 4.92 Å². The molecule has 0 aliphatic heterocycles. The summed E-state index contributed by atoms with van der Waals surface area (Å²) in [5, 5.41) is 22.5. The van der Waals surface area contributed by atoms with Gasteiger partial charge in [-0.25, -0.2) is 14.9 Å². The molecule has 1 rings (SSSR count). The van der Waals surface area contributed by atoms with E-state index >= 15 is 0 Å². The number of benzene rings is 1. The lowest BCUT2D eigenvalue weighted by molar-refractivity contribution is -0.384. The lowest BCUT2D eigenvalue weighted by Crippen LogP contribution is -2.38. The smallest absolute Gasteiger partial charge is 0.412 e. The van der Waals surface area contributed by atoms with E-state index in [1.165, 1.54) is 24.3 Å². The summed E-state index contributed by atoms with van der Waals surface area (Å²) in [6, 6.07) is 4.69. The van der Waals surface area contributed by atoms with Crippen molar-refractivity contribution in [2.75, 3.05) is 0 Å². The minimum Gasteiger partial charge on any atom is -0.465 e. The second kappa shape index (κ2) is 5.45. The maximum absolute atomic E-state index is 10.9. The maximum atomic E-state index is 10.9.